The van der Waals surface area contributed by atoms with Crippen LogP contribution >= 0.6 is 24.0 Å². The molecule has 0 saturated carbocycles. The first kappa shape index (κ1) is 20.2. The van der Waals surface area contributed by atoms with E-state index in [0.29, 0.717) is 24.3 Å². The molecule has 0 amide bonds. The molecule has 0 spiro atoms. The molecule has 1 fully saturated rings. The quantitative estimate of drug-likeness (QED) is 0.322. The van der Waals surface area contributed by atoms with Crippen LogP contribution in [-0.2, 0) is 12.0 Å². The molecule has 8 heteroatoms. The zero-order chi connectivity index (χ0) is 17.2. The summed E-state index contributed by atoms with van der Waals surface area (Å²) in [4.78, 5) is 13.7. The van der Waals surface area contributed by atoms with Crippen molar-refractivity contribution in [3.05, 3.63) is 23.9 Å². The molecule has 1 N–H and O–H groups in total. The highest BCUT2D eigenvalue weighted by atomic mass is 127. The number of nitrogens with zero attached hydrogens (tertiary/aromatic N) is 5. The molecule has 140 valence electrons. The van der Waals surface area contributed by atoms with Crippen LogP contribution in [0, 0.1) is 0 Å². The van der Waals surface area contributed by atoms with E-state index in [9.17, 15) is 0 Å². The molecule has 0 bridgehead atoms. The minimum absolute atomic E-state index is 0. The van der Waals surface area contributed by atoms with Crippen LogP contribution in [0.1, 0.15) is 38.9 Å². The summed E-state index contributed by atoms with van der Waals surface area (Å²) in [5, 5.41) is 7.42. The van der Waals surface area contributed by atoms with Crippen molar-refractivity contribution >= 4 is 29.9 Å². The maximum Gasteiger partial charge on any atom is 0.232 e. The van der Waals surface area contributed by atoms with Gasteiger partial charge in [0.15, 0.2) is 11.8 Å². The second-order valence-electron chi connectivity index (χ2n) is 7.48. The van der Waals surface area contributed by atoms with Gasteiger partial charge < -0.3 is 14.7 Å². The van der Waals surface area contributed by atoms with Crippen LogP contribution in [-0.4, -0.2) is 65.2 Å². The predicted molar refractivity (Wildman–Crippen MR) is 109 cm³/mol. The number of aromatic nitrogens is 2. The Bertz CT molecular complexity index is 613. The molecule has 1 saturated heterocycles. The maximum absolute atomic E-state index is 5.34. The number of hydrogen-bond acceptors (Lipinski definition) is 5. The van der Waals surface area contributed by atoms with E-state index < -0.39 is 0 Å². The summed E-state index contributed by atoms with van der Waals surface area (Å²) in [5.74, 6) is 2.24. The van der Waals surface area contributed by atoms with Crippen LogP contribution < -0.4 is 5.32 Å². The van der Waals surface area contributed by atoms with Crippen molar-refractivity contribution in [3.63, 3.8) is 0 Å². The van der Waals surface area contributed by atoms with Crippen LogP contribution in [0.15, 0.2) is 21.7 Å². The summed E-state index contributed by atoms with van der Waals surface area (Å²) >= 11 is 0. The number of hydrogen-bond donors (Lipinski definition) is 1. The minimum Gasteiger partial charge on any atom is -0.349 e. The third-order valence-electron chi connectivity index (χ3n) is 4.55. The van der Waals surface area contributed by atoms with Crippen molar-refractivity contribution in [1.29, 1.82) is 0 Å². The minimum atomic E-state index is -0.126. The molecule has 1 aromatic heterocycles. The first-order valence-corrected chi connectivity index (χ1v) is 8.65. The molecule has 7 nitrogen and oxygen atoms in total. The molecule has 3 rings (SSSR count). The fourth-order valence-electron chi connectivity index (χ4n) is 3.15. The summed E-state index contributed by atoms with van der Waals surface area (Å²) in [6.07, 6.45) is 5.68. The Balaban J connectivity index is 0.00000225. The molecule has 2 aliphatic heterocycles. The van der Waals surface area contributed by atoms with E-state index >= 15 is 0 Å². The van der Waals surface area contributed by atoms with Crippen LogP contribution in [0.5, 0.6) is 0 Å². The standard InChI is InChI=1S/C17H28N6O.HI/c1-17(2,3)15-20-14(21-24-15)11-19-16(18-4)23-10-7-13(12-23)22-8-5-6-9-22;/h5-6,13H,7-12H2,1-4H3,(H,18,19);1H. The fraction of sp³-hybridized carbons (Fsp3) is 0.706. The van der Waals surface area contributed by atoms with Gasteiger partial charge in [-0.3, -0.25) is 9.89 Å². The molecule has 0 aromatic carbocycles. The zero-order valence-electron chi connectivity index (χ0n) is 15.5. The van der Waals surface area contributed by atoms with Gasteiger partial charge in [0, 0.05) is 44.7 Å². The van der Waals surface area contributed by atoms with Gasteiger partial charge in [-0.05, 0) is 6.42 Å². The van der Waals surface area contributed by atoms with Gasteiger partial charge in [0.25, 0.3) is 0 Å². The smallest absolute Gasteiger partial charge is 0.232 e. The molecular weight excluding hydrogens is 431 g/mol. The average molecular weight is 460 g/mol. The Morgan fingerprint density at radius 2 is 2.08 bits per heavy atom. The van der Waals surface area contributed by atoms with E-state index in [1.165, 1.54) is 6.42 Å². The molecular formula is C17H29IN6O. The van der Waals surface area contributed by atoms with Gasteiger partial charge in [0.2, 0.25) is 5.89 Å². The lowest BCUT2D eigenvalue weighted by atomic mass is 9.97. The third-order valence-corrected chi connectivity index (χ3v) is 4.55. The van der Waals surface area contributed by atoms with E-state index in [-0.39, 0.29) is 29.4 Å². The van der Waals surface area contributed by atoms with Crippen molar-refractivity contribution in [1.82, 2.24) is 25.3 Å². The number of likely N-dealkylation sites (tertiary alicyclic amines) is 1. The van der Waals surface area contributed by atoms with Crippen molar-refractivity contribution in [2.75, 3.05) is 33.2 Å². The molecule has 2 aliphatic rings. The number of nitrogens with one attached hydrogen (secondary N) is 1. The van der Waals surface area contributed by atoms with E-state index in [4.69, 9.17) is 4.52 Å². The van der Waals surface area contributed by atoms with Crippen molar-refractivity contribution in [3.8, 4) is 0 Å². The van der Waals surface area contributed by atoms with Gasteiger partial charge in [-0.1, -0.05) is 38.1 Å². The highest BCUT2D eigenvalue weighted by Gasteiger charge is 2.29. The average Bonchev–Trinajstić information content (AvgIpc) is 3.28. The summed E-state index contributed by atoms with van der Waals surface area (Å²) in [7, 11) is 1.82. The van der Waals surface area contributed by atoms with Gasteiger partial charge >= 0.3 is 0 Å². The summed E-state index contributed by atoms with van der Waals surface area (Å²) < 4.78 is 5.34. The van der Waals surface area contributed by atoms with Gasteiger partial charge in [-0.2, -0.15) is 4.98 Å². The van der Waals surface area contributed by atoms with E-state index in [1.807, 2.05) is 7.05 Å². The Kier molecular flexibility index (Phi) is 6.84. The third kappa shape index (κ3) is 4.93. The van der Waals surface area contributed by atoms with Crippen LogP contribution in [0.3, 0.4) is 0 Å². The highest BCUT2D eigenvalue weighted by molar-refractivity contribution is 14.0. The monoisotopic (exact) mass is 460 g/mol. The maximum atomic E-state index is 5.34. The lowest BCUT2D eigenvalue weighted by molar-refractivity contribution is 0.259. The van der Waals surface area contributed by atoms with Crippen LogP contribution in [0.4, 0.5) is 0 Å². The largest absolute Gasteiger partial charge is 0.349 e. The first-order chi connectivity index (χ1) is 11.5. The van der Waals surface area contributed by atoms with Crippen molar-refractivity contribution in [2.24, 2.45) is 4.99 Å². The summed E-state index contributed by atoms with van der Waals surface area (Å²) in [6, 6.07) is 0.608. The van der Waals surface area contributed by atoms with Gasteiger partial charge in [0.05, 0.1) is 6.54 Å². The molecule has 1 aromatic rings. The molecule has 1 atom stereocenters. The van der Waals surface area contributed by atoms with Crippen LogP contribution in [0.25, 0.3) is 0 Å². The van der Waals surface area contributed by atoms with E-state index in [1.54, 1.807) is 0 Å². The topological polar surface area (TPSA) is 69.8 Å². The van der Waals surface area contributed by atoms with Gasteiger partial charge in [-0.25, -0.2) is 0 Å². The number of halogens is 1. The summed E-state index contributed by atoms with van der Waals surface area (Å²) in [5.41, 5.74) is -0.126. The number of rotatable bonds is 3. The Morgan fingerprint density at radius 1 is 1.36 bits per heavy atom. The molecule has 3 heterocycles. The number of guanidine groups is 1. The number of aliphatic imine (C=N–C) groups is 1. The fourth-order valence-corrected chi connectivity index (χ4v) is 3.15. The molecule has 0 radical (unpaired) electrons. The first-order valence-electron chi connectivity index (χ1n) is 8.65. The van der Waals surface area contributed by atoms with Crippen molar-refractivity contribution < 1.29 is 4.52 Å². The second kappa shape index (κ2) is 8.48. The lowest BCUT2D eigenvalue weighted by Gasteiger charge is -2.25. The Hall–Kier alpha value is -1.16. The van der Waals surface area contributed by atoms with Crippen molar-refractivity contribution in [2.45, 2.75) is 45.2 Å². The Labute approximate surface area is 166 Å². The normalized spacial score (nSPS) is 21.7. The predicted octanol–water partition coefficient (Wildman–Crippen LogP) is 2.01. The van der Waals surface area contributed by atoms with Gasteiger partial charge in [0.1, 0.15) is 0 Å². The second-order valence-corrected chi connectivity index (χ2v) is 7.48. The SMILES string of the molecule is CN=C(NCc1noc(C(C)(C)C)n1)N1CCC(N2CC=CC2)C1.I. The van der Waals surface area contributed by atoms with E-state index in [2.05, 4.69) is 63.2 Å². The molecule has 1 unspecified atom stereocenters. The molecule has 25 heavy (non-hydrogen) atoms. The van der Waals surface area contributed by atoms with Crippen LogP contribution in [0.2, 0.25) is 0 Å². The lowest BCUT2D eigenvalue weighted by Crippen LogP contribution is -2.42. The summed E-state index contributed by atoms with van der Waals surface area (Å²) in [6.45, 7) is 10.9. The van der Waals surface area contributed by atoms with E-state index in [0.717, 1.165) is 32.1 Å². The highest BCUT2D eigenvalue weighted by Crippen LogP contribution is 2.20. The molecule has 0 aliphatic carbocycles. The zero-order valence-corrected chi connectivity index (χ0v) is 17.9. The van der Waals surface area contributed by atoms with Gasteiger partial charge in [-0.15, -0.1) is 24.0 Å². The Morgan fingerprint density at radius 3 is 2.68 bits per heavy atom.